The lowest BCUT2D eigenvalue weighted by Crippen LogP contribution is -2.25. The van der Waals surface area contributed by atoms with Gasteiger partial charge in [-0.3, -0.25) is 0 Å². The minimum atomic E-state index is -2.80. The quantitative estimate of drug-likeness (QED) is 0.790. The van der Waals surface area contributed by atoms with Gasteiger partial charge in [0.1, 0.15) is 5.75 Å². The van der Waals surface area contributed by atoms with Crippen LogP contribution < -0.4 is 10.1 Å². The number of thiophene rings is 1. The second kappa shape index (κ2) is 7.52. The van der Waals surface area contributed by atoms with Crippen LogP contribution in [-0.4, -0.2) is 6.61 Å². The molecule has 0 radical (unpaired) electrons. The molecule has 0 saturated heterocycles. The van der Waals surface area contributed by atoms with Crippen LogP contribution in [0.1, 0.15) is 30.3 Å². The maximum atomic E-state index is 12.4. The van der Waals surface area contributed by atoms with Gasteiger partial charge in [0.05, 0.1) is 0 Å². The standard InChI is InChI=1S/C16H19F2NOS/c1-11(2)15(14-8-5-9-21-14)19-10-12-6-3-4-7-13(12)20-16(17)18/h3-9,11,15-16,19H,10H2,1-2H3. The average molecular weight is 311 g/mol. The summed E-state index contributed by atoms with van der Waals surface area (Å²) in [7, 11) is 0. The lowest BCUT2D eigenvalue weighted by Gasteiger charge is -2.22. The molecule has 0 aliphatic carbocycles. The number of hydrogen-bond donors (Lipinski definition) is 1. The molecule has 0 bridgehead atoms. The minimum Gasteiger partial charge on any atom is -0.434 e. The highest BCUT2D eigenvalue weighted by molar-refractivity contribution is 7.10. The molecule has 0 spiro atoms. The predicted molar refractivity (Wildman–Crippen MR) is 81.8 cm³/mol. The lowest BCUT2D eigenvalue weighted by molar-refractivity contribution is -0.0505. The van der Waals surface area contributed by atoms with Crippen LogP contribution in [0.2, 0.25) is 0 Å². The Hall–Kier alpha value is -1.46. The Kier molecular flexibility index (Phi) is 5.70. The van der Waals surface area contributed by atoms with Gasteiger partial charge in [-0.25, -0.2) is 0 Å². The van der Waals surface area contributed by atoms with E-state index in [0.717, 1.165) is 5.56 Å². The Morgan fingerprint density at radius 2 is 1.90 bits per heavy atom. The van der Waals surface area contributed by atoms with Gasteiger partial charge in [-0.1, -0.05) is 38.1 Å². The molecule has 1 N–H and O–H groups in total. The molecule has 0 fully saturated rings. The third-order valence-electron chi connectivity index (χ3n) is 3.22. The van der Waals surface area contributed by atoms with Crippen LogP contribution in [0, 0.1) is 5.92 Å². The van der Waals surface area contributed by atoms with Gasteiger partial charge in [0.15, 0.2) is 0 Å². The number of rotatable bonds is 7. The number of benzene rings is 1. The minimum absolute atomic E-state index is 0.199. The summed E-state index contributed by atoms with van der Waals surface area (Å²) in [4.78, 5) is 1.25. The maximum Gasteiger partial charge on any atom is 0.387 e. The summed E-state index contributed by atoms with van der Waals surface area (Å²) in [5, 5.41) is 5.48. The molecular formula is C16H19F2NOS. The molecule has 1 aromatic carbocycles. The molecule has 2 aromatic rings. The fraction of sp³-hybridized carbons (Fsp3) is 0.375. The van der Waals surface area contributed by atoms with Crippen LogP contribution in [0.15, 0.2) is 41.8 Å². The number of halogens is 2. The van der Waals surface area contributed by atoms with Gasteiger partial charge in [-0.05, 0) is 23.4 Å². The van der Waals surface area contributed by atoms with E-state index in [0.29, 0.717) is 12.5 Å². The van der Waals surface area contributed by atoms with Crippen molar-refractivity contribution >= 4 is 11.3 Å². The first-order valence-electron chi connectivity index (χ1n) is 6.87. The van der Waals surface area contributed by atoms with Crippen molar-refractivity contribution in [2.75, 3.05) is 0 Å². The van der Waals surface area contributed by atoms with E-state index >= 15 is 0 Å². The Morgan fingerprint density at radius 3 is 2.52 bits per heavy atom. The third kappa shape index (κ3) is 4.51. The van der Waals surface area contributed by atoms with Gasteiger partial charge in [0.2, 0.25) is 0 Å². The van der Waals surface area contributed by atoms with E-state index in [1.807, 2.05) is 17.5 Å². The molecule has 1 atom stereocenters. The van der Waals surface area contributed by atoms with Crippen molar-refractivity contribution in [2.24, 2.45) is 5.92 Å². The molecular weight excluding hydrogens is 292 g/mol. The van der Waals surface area contributed by atoms with Crippen LogP contribution in [0.4, 0.5) is 8.78 Å². The van der Waals surface area contributed by atoms with E-state index in [1.165, 1.54) is 4.88 Å². The van der Waals surface area contributed by atoms with Crippen molar-refractivity contribution in [3.63, 3.8) is 0 Å². The van der Waals surface area contributed by atoms with Crippen molar-refractivity contribution in [3.05, 3.63) is 52.2 Å². The molecule has 0 saturated carbocycles. The predicted octanol–water partition coefficient (Wildman–Crippen LogP) is 4.84. The molecule has 5 heteroatoms. The number of para-hydroxylation sites is 1. The van der Waals surface area contributed by atoms with Gasteiger partial charge >= 0.3 is 6.61 Å². The Balaban J connectivity index is 2.07. The highest BCUT2D eigenvalue weighted by Crippen LogP contribution is 2.27. The van der Waals surface area contributed by atoms with E-state index in [1.54, 1.807) is 29.5 Å². The summed E-state index contributed by atoms with van der Waals surface area (Å²) in [5.41, 5.74) is 0.736. The molecule has 1 heterocycles. The highest BCUT2D eigenvalue weighted by Gasteiger charge is 2.17. The summed E-state index contributed by atoms with van der Waals surface area (Å²) >= 11 is 1.70. The molecule has 2 nitrogen and oxygen atoms in total. The molecule has 0 amide bonds. The topological polar surface area (TPSA) is 21.3 Å². The fourth-order valence-corrected chi connectivity index (χ4v) is 3.19. The first kappa shape index (κ1) is 15.9. The van der Waals surface area contributed by atoms with Crippen LogP contribution in [-0.2, 0) is 6.54 Å². The first-order valence-corrected chi connectivity index (χ1v) is 7.75. The Bertz CT molecular complexity index is 543. The molecule has 1 aromatic heterocycles. The van der Waals surface area contributed by atoms with E-state index in [2.05, 4.69) is 30.0 Å². The zero-order valence-electron chi connectivity index (χ0n) is 12.1. The zero-order chi connectivity index (χ0) is 15.2. The number of hydrogen-bond acceptors (Lipinski definition) is 3. The van der Waals surface area contributed by atoms with Crippen LogP contribution in [0.5, 0.6) is 5.75 Å². The van der Waals surface area contributed by atoms with Crippen molar-refractivity contribution in [3.8, 4) is 5.75 Å². The van der Waals surface area contributed by atoms with Gasteiger partial charge < -0.3 is 10.1 Å². The van der Waals surface area contributed by atoms with Gasteiger partial charge in [0.25, 0.3) is 0 Å². The summed E-state index contributed by atoms with van der Waals surface area (Å²) < 4.78 is 29.4. The largest absolute Gasteiger partial charge is 0.434 e. The van der Waals surface area contributed by atoms with Crippen molar-refractivity contribution in [1.82, 2.24) is 5.32 Å². The van der Waals surface area contributed by atoms with Gasteiger partial charge in [0, 0.05) is 23.0 Å². The average Bonchev–Trinajstić information content (AvgIpc) is 2.93. The van der Waals surface area contributed by atoms with Crippen LogP contribution in [0.3, 0.4) is 0 Å². The van der Waals surface area contributed by atoms with Gasteiger partial charge in [-0.2, -0.15) is 8.78 Å². The third-order valence-corrected chi connectivity index (χ3v) is 4.17. The summed E-state index contributed by atoms with van der Waals surface area (Å²) in [6.07, 6.45) is 0. The van der Waals surface area contributed by atoms with Crippen molar-refractivity contribution in [2.45, 2.75) is 33.0 Å². The van der Waals surface area contributed by atoms with E-state index < -0.39 is 6.61 Å². The van der Waals surface area contributed by atoms with Crippen LogP contribution >= 0.6 is 11.3 Å². The maximum absolute atomic E-state index is 12.4. The second-order valence-corrected chi connectivity index (χ2v) is 6.08. The highest BCUT2D eigenvalue weighted by atomic mass is 32.1. The van der Waals surface area contributed by atoms with Crippen LogP contribution in [0.25, 0.3) is 0 Å². The van der Waals surface area contributed by atoms with E-state index in [9.17, 15) is 8.78 Å². The molecule has 21 heavy (non-hydrogen) atoms. The molecule has 0 aliphatic heterocycles. The van der Waals surface area contributed by atoms with Gasteiger partial charge in [-0.15, -0.1) is 11.3 Å². The zero-order valence-corrected chi connectivity index (χ0v) is 12.9. The SMILES string of the molecule is CC(C)C(NCc1ccccc1OC(F)F)c1cccs1. The number of alkyl halides is 2. The molecule has 114 valence electrons. The smallest absolute Gasteiger partial charge is 0.387 e. The summed E-state index contributed by atoms with van der Waals surface area (Å²) in [5.74, 6) is 0.639. The second-order valence-electron chi connectivity index (χ2n) is 5.10. The number of nitrogens with one attached hydrogen (secondary N) is 1. The van der Waals surface area contributed by atoms with Crippen molar-refractivity contribution < 1.29 is 13.5 Å². The fourth-order valence-electron chi connectivity index (χ4n) is 2.21. The summed E-state index contributed by atoms with van der Waals surface area (Å²) in [6.45, 7) is 1.96. The van der Waals surface area contributed by atoms with E-state index in [4.69, 9.17) is 0 Å². The molecule has 2 rings (SSSR count). The molecule has 0 aliphatic rings. The summed E-state index contributed by atoms with van der Waals surface area (Å²) in [6, 6.07) is 11.2. The normalized spacial score (nSPS) is 12.9. The monoisotopic (exact) mass is 311 g/mol. The lowest BCUT2D eigenvalue weighted by atomic mass is 10.0. The first-order chi connectivity index (χ1) is 10.1. The number of ether oxygens (including phenoxy) is 1. The van der Waals surface area contributed by atoms with Crippen molar-refractivity contribution in [1.29, 1.82) is 0 Å². The molecule has 1 unspecified atom stereocenters. The Morgan fingerprint density at radius 1 is 1.14 bits per heavy atom. The van der Waals surface area contributed by atoms with E-state index in [-0.39, 0.29) is 11.8 Å². The Labute approximate surface area is 127 Å².